The summed E-state index contributed by atoms with van der Waals surface area (Å²) in [5.41, 5.74) is 1.72. The molecule has 0 N–H and O–H groups in total. The van der Waals surface area contributed by atoms with Gasteiger partial charge in [-0.1, -0.05) is 12.1 Å². The number of piperidine rings is 1. The van der Waals surface area contributed by atoms with Gasteiger partial charge in [0.1, 0.15) is 5.82 Å². The van der Waals surface area contributed by atoms with Crippen LogP contribution in [0.15, 0.2) is 24.3 Å². The number of halogens is 1. The minimum absolute atomic E-state index is 0.141. The molecule has 0 saturated carbocycles. The Morgan fingerprint density at radius 2 is 1.76 bits per heavy atom. The van der Waals surface area contributed by atoms with E-state index in [1.165, 1.54) is 70.4 Å². The second-order valence-electron chi connectivity index (χ2n) is 8.48. The molecular weight excluding hydrogens is 315 g/mol. The molecule has 0 aliphatic carbocycles. The van der Waals surface area contributed by atoms with Crippen molar-refractivity contribution in [1.82, 2.24) is 9.80 Å². The molecule has 0 radical (unpaired) electrons. The summed E-state index contributed by atoms with van der Waals surface area (Å²) in [4.78, 5) is 5.31. The summed E-state index contributed by atoms with van der Waals surface area (Å²) in [6.07, 6.45) is 6.50. The highest BCUT2D eigenvalue weighted by Crippen LogP contribution is 2.39. The van der Waals surface area contributed by atoms with E-state index in [9.17, 15) is 4.39 Å². The fourth-order valence-electron chi connectivity index (χ4n) is 5.10. The maximum Gasteiger partial charge on any atom is 0.123 e. The Hall–Kier alpha value is -0.970. The van der Waals surface area contributed by atoms with Crippen LogP contribution in [0.5, 0.6) is 0 Å². The van der Waals surface area contributed by atoms with Gasteiger partial charge in [0.05, 0.1) is 0 Å². The van der Waals surface area contributed by atoms with Gasteiger partial charge in [-0.05, 0) is 74.2 Å². The van der Waals surface area contributed by atoms with Crippen molar-refractivity contribution in [2.45, 2.75) is 38.6 Å². The molecule has 25 heavy (non-hydrogen) atoms. The van der Waals surface area contributed by atoms with Gasteiger partial charge in [0.15, 0.2) is 0 Å². The predicted molar refractivity (Wildman–Crippen MR) is 97.9 cm³/mol. The van der Waals surface area contributed by atoms with Crippen LogP contribution in [-0.4, -0.2) is 55.7 Å². The van der Waals surface area contributed by atoms with E-state index in [4.69, 9.17) is 4.74 Å². The minimum atomic E-state index is -0.141. The van der Waals surface area contributed by atoms with E-state index in [1.807, 2.05) is 12.1 Å². The monoisotopic (exact) mass is 346 g/mol. The summed E-state index contributed by atoms with van der Waals surface area (Å²) >= 11 is 0. The van der Waals surface area contributed by atoms with Gasteiger partial charge in [0.2, 0.25) is 0 Å². The molecule has 3 saturated heterocycles. The van der Waals surface area contributed by atoms with Crippen LogP contribution < -0.4 is 0 Å². The summed E-state index contributed by atoms with van der Waals surface area (Å²) in [5, 5.41) is 0. The van der Waals surface area contributed by atoms with Crippen molar-refractivity contribution in [3.05, 3.63) is 35.6 Å². The summed E-state index contributed by atoms with van der Waals surface area (Å²) in [5.74, 6) is 0.693. The lowest BCUT2D eigenvalue weighted by atomic mass is 9.79. The van der Waals surface area contributed by atoms with Gasteiger partial charge in [-0.2, -0.15) is 0 Å². The van der Waals surface area contributed by atoms with Gasteiger partial charge in [-0.3, -0.25) is 4.90 Å². The Kier molecular flexibility index (Phi) is 5.39. The molecule has 0 amide bonds. The Morgan fingerprint density at radius 3 is 2.56 bits per heavy atom. The Bertz CT molecular complexity index is 558. The maximum atomic E-state index is 13.1. The van der Waals surface area contributed by atoms with Gasteiger partial charge in [0, 0.05) is 39.4 Å². The average molecular weight is 346 g/mol. The highest BCUT2D eigenvalue weighted by Gasteiger charge is 2.41. The lowest BCUT2D eigenvalue weighted by Gasteiger charge is -2.42. The normalized spacial score (nSPS) is 29.5. The molecule has 3 fully saturated rings. The minimum Gasteiger partial charge on any atom is -0.381 e. The Morgan fingerprint density at radius 1 is 1.00 bits per heavy atom. The third-order valence-corrected chi connectivity index (χ3v) is 6.43. The van der Waals surface area contributed by atoms with E-state index < -0.39 is 0 Å². The van der Waals surface area contributed by atoms with Crippen LogP contribution in [0.4, 0.5) is 4.39 Å². The molecule has 3 nitrogen and oxygen atoms in total. The topological polar surface area (TPSA) is 15.7 Å². The van der Waals surface area contributed by atoms with Crippen molar-refractivity contribution >= 4 is 0 Å². The molecule has 1 spiro atoms. The molecule has 3 heterocycles. The van der Waals surface area contributed by atoms with Crippen molar-refractivity contribution < 1.29 is 9.13 Å². The molecule has 0 aromatic heterocycles. The van der Waals surface area contributed by atoms with Gasteiger partial charge < -0.3 is 9.64 Å². The van der Waals surface area contributed by atoms with Crippen molar-refractivity contribution in [2.75, 3.05) is 45.9 Å². The zero-order valence-corrected chi connectivity index (χ0v) is 15.3. The van der Waals surface area contributed by atoms with Crippen LogP contribution in [0, 0.1) is 17.2 Å². The van der Waals surface area contributed by atoms with Crippen LogP contribution in [0.25, 0.3) is 0 Å². The summed E-state index contributed by atoms with van der Waals surface area (Å²) in [7, 11) is 0. The smallest absolute Gasteiger partial charge is 0.123 e. The van der Waals surface area contributed by atoms with Gasteiger partial charge in [0.25, 0.3) is 0 Å². The number of hydrogen-bond acceptors (Lipinski definition) is 3. The fraction of sp³-hybridized carbons (Fsp3) is 0.714. The molecule has 4 heteroatoms. The standard InChI is InChI=1S/C21H31FN2O/c22-20-4-2-18(3-5-20)14-24-11-9-21(17-24)8-1-10-23(16-21)15-19-6-12-25-13-7-19/h2-5,19H,1,6-17H2. The maximum absolute atomic E-state index is 13.1. The van der Waals surface area contributed by atoms with Crippen molar-refractivity contribution in [3.63, 3.8) is 0 Å². The predicted octanol–water partition coefficient (Wildman–Crippen LogP) is 3.54. The van der Waals surface area contributed by atoms with Gasteiger partial charge in [-0.25, -0.2) is 4.39 Å². The molecular formula is C21H31FN2O. The van der Waals surface area contributed by atoms with E-state index in [0.29, 0.717) is 5.41 Å². The zero-order chi connectivity index (χ0) is 17.1. The third-order valence-electron chi connectivity index (χ3n) is 6.43. The van der Waals surface area contributed by atoms with E-state index in [2.05, 4.69) is 9.80 Å². The molecule has 1 aromatic rings. The third kappa shape index (κ3) is 4.42. The van der Waals surface area contributed by atoms with Crippen LogP contribution in [0.2, 0.25) is 0 Å². The summed E-state index contributed by atoms with van der Waals surface area (Å²) < 4.78 is 18.6. The first-order valence-electron chi connectivity index (χ1n) is 9.98. The van der Waals surface area contributed by atoms with Gasteiger partial charge in [-0.15, -0.1) is 0 Å². The first kappa shape index (κ1) is 17.4. The number of ether oxygens (including phenoxy) is 1. The number of hydrogen-bond donors (Lipinski definition) is 0. The quantitative estimate of drug-likeness (QED) is 0.829. The average Bonchev–Trinajstić information content (AvgIpc) is 3.00. The fourth-order valence-corrected chi connectivity index (χ4v) is 5.10. The lowest BCUT2D eigenvalue weighted by molar-refractivity contribution is 0.0312. The Balaban J connectivity index is 1.31. The van der Waals surface area contributed by atoms with E-state index >= 15 is 0 Å². The van der Waals surface area contributed by atoms with Crippen molar-refractivity contribution in [2.24, 2.45) is 11.3 Å². The number of rotatable bonds is 4. The highest BCUT2D eigenvalue weighted by molar-refractivity contribution is 5.16. The number of nitrogens with zero attached hydrogens (tertiary/aromatic N) is 2. The van der Waals surface area contributed by atoms with Crippen LogP contribution in [-0.2, 0) is 11.3 Å². The first-order chi connectivity index (χ1) is 12.2. The molecule has 138 valence electrons. The summed E-state index contributed by atoms with van der Waals surface area (Å²) in [6.45, 7) is 9.06. The number of likely N-dealkylation sites (tertiary alicyclic amines) is 2. The highest BCUT2D eigenvalue weighted by atomic mass is 19.1. The van der Waals surface area contributed by atoms with Crippen molar-refractivity contribution in [3.8, 4) is 0 Å². The van der Waals surface area contributed by atoms with Crippen LogP contribution in [0.1, 0.15) is 37.7 Å². The molecule has 1 atom stereocenters. The molecule has 4 rings (SSSR count). The van der Waals surface area contributed by atoms with E-state index in [1.54, 1.807) is 12.1 Å². The van der Waals surface area contributed by atoms with Crippen LogP contribution >= 0.6 is 0 Å². The largest absolute Gasteiger partial charge is 0.381 e. The van der Waals surface area contributed by atoms with Crippen LogP contribution in [0.3, 0.4) is 0 Å². The van der Waals surface area contributed by atoms with Gasteiger partial charge >= 0.3 is 0 Å². The second kappa shape index (κ2) is 7.73. The second-order valence-corrected chi connectivity index (χ2v) is 8.48. The molecule has 0 bridgehead atoms. The zero-order valence-electron chi connectivity index (χ0n) is 15.3. The SMILES string of the molecule is Fc1ccc(CN2CCC3(CCCN(CC4CCOCC4)C3)C2)cc1. The number of benzene rings is 1. The lowest BCUT2D eigenvalue weighted by Crippen LogP contribution is -2.46. The van der Waals surface area contributed by atoms with Crippen molar-refractivity contribution in [1.29, 1.82) is 0 Å². The molecule has 3 aliphatic rings. The Labute approximate surface area is 151 Å². The molecule has 1 aromatic carbocycles. The van der Waals surface area contributed by atoms with E-state index in [0.717, 1.165) is 25.7 Å². The molecule has 3 aliphatic heterocycles. The first-order valence-corrected chi connectivity index (χ1v) is 9.98. The van der Waals surface area contributed by atoms with E-state index in [-0.39, 0.29) is 5.82 Å². The summed E-state index contributed by atoms with van der Waals surface area (Å²) in [6, 6.07) is 7.02. The molecule has 1 unspecified atom stereocenters.